The molecule has 0 saturated heterocycles. The lowest BCUT2D eigenvalue weighted by atomic mass is 10.1. The summed E-state index contributed by atoms with van der Waals surface area (Å²) in [5, 5.41) is 8.28. The third kappa shape index (κ3) is 1.45. The summed E-state index contributed by atoms with van der Waals surface area (Å²) in [5.41, 5.74) is 10.6. The minimum Gasteiger partial charge on any atom is -0.397 e. The van der Waals surface area contributed by atoms with Crippen LogP contribution in [0.4, 0.5) is 5.69 Å². The first-order valence-electron chi connectivity index (χ1n) is 5.43. The zero-order valence-electron chi connectivity index (χ0n) is 9.46. The highest BCUT2D eigenvalue weighted by molar-refractivity contribution is 5.78. The first kappa shape index (κ1) is 9.84. The second kappa shape index (κ2) is 3.59. The van der Waals surface area contributed by atoms with E-state index in [9.17, 15) is 0 Å². The molecule has 1 heterocycles. The molecule has 0 atom stereocenters. The molecule has 3 rings (SSSR count). The number of benzene rings is 2. The van der Waals surface area contributed by atoms with Crippen LogP contribution in [0.15, 0.2) is 42.5 Å². The van der Waals surface area contributed by atoms with Crippen LogP contribution in [0.5, 0.6) is 0 Å². The molecule has 2 N–H and O–H groups in total. The molecule has 4 heteroatoms. The first-order chi connectivity index (χ1) is 8.27. The summed E-state index contributed by atoms with van der Waals surface area (Å²) >= 11 is 0. The lowest BCUT2D eigenvalue weighted by molar-refractivity contribution is 0.825. The molecule has 4 nitrogen and oxygen atoms in total. The summed E-state index contributed by atoms with van der Waals surface area (Å²) in [6.45, 7) is 1.98. The highest BCUT2D eigenvalue weighted by Gasteiger charge is 2.09. The molecule has 3 aromatic rings. The zero-order chi connectivity index (χ0) is 11.8. The number of aromatic nitrogens is 3. The fourth-order valence-corrected chi connectivity index (χ4v) is 1.90. The van der Waals surface area contributed by atoms with Crippen molar-refractivity contribution in [1.29, 1.82) is 0 Å². The van der Waals surface area contributed by atoms with Crippen molar-refractivity contribution in [3.05, 3.63) is 48.0 Å². The molecule has 0 amide bonds. The third-order valence-electron chi connectivity index (χ3n) is 2.88. The summed E-state index contributed by atoms with van der Waals surface area (Å²) in [4.78, 5) is 0. The van der Waals surface area contributed by atoms with Crippen LogP contribution in [-0.4, -0.2) is 15.0 Å². The summed E-state index contributed by atoms with van der Waals surface area (Å²) in [6, 6.07) is 13.7. The average Bonchev–Trinajstić information content (AvgIpc) is 2.77. The number of nitrogen functional groups attached to an aromatic ring is 1. The van der Waals surface area contributed by atoms with Gasteiger partial charge in [0.25, 0.3) is 0 Å². The molecule has 0 spiro atoms. The molecule has 0 fully saturated rings. The molecular formula is C13H12N4. The van der Waals surface area contributed by atoms with Gasteiger partial charge in [-0.2, -0.15) is 0 Å². The van der Waals surface area contributed by atoms with E-state index in [0.29, 0.717) is 0 Å². The Hall–Kier alpha value is -2.36. The number of anilines is 1. The SMILES string of the molecule is Cc1cccc(-n2nnc3ccccc32)c1N. The lowest BCUT2D eigenvalue weighted by Crippen LogP contribution is -2.02. The van der Waals surface area contributed by atoms with E-state index in [1.807, 2.05) is 49.4 Å². The lowest BCUT2D eigenvalue weighted by Gasteiger charge is -2.08. The van der Waals surface area contributed by atoms with E-state index in [0.717, 1.165) is 28.0 Å². The van der Waals surface area contributed by atoms with Gasteiger partial charge >= 0.3 is 0 Å². The Bertz CT molecular complexity index is 685. The number of hydrogen-bond acceptors (Lipinski definition) is 3. The minimum atomic E-state index is 0.739. The Kier molecular flexibility index (Phi) is 2.08. The van der Waals surface area contributed by atoms with Gasteiger partial charge in [-0.1, -0.05) is 29.5 Å². The van der Waals surface area contributed by atoms with Gasteiger partial charge in [-0.05, 0) is 30.7 Å². The molecule has 0 aliphatic carbocycles. The molecule has 0 unspecified atom stereocenters. The number of hydrogen-bond donors (Lipinski definition) is 1. The van der Waals surface area contributed by atoms with Crippen LogP contribution in [0.1, 0.15) is 5.56 Å². The molecule has 2 aromatic carbocycles. The highest BCUT2D eigenvalue weighted by Crippen LogP contribution is 2.23. The van der Waals surface area contributed by atoms with E-state index in [1.54, 1.807) is 4.68 Å². The van der Waals surface area contributed by atoms with Gasteiger partial charge in [-0.3, -0.25) is 0 Å². The molecule has 0 radical (unpaired) electrons. The highest BCUT2D eigenvalue weighted by atomic mass is 15.4. The van der Waals surface area contributed by atoms with Crippen LogP contribution in [0.25, 0.3) is 16.7 Å². The van der Waals surface area contributed by atoms with Crippen molar-refractivity contribution in [3.8, 4) is 5.69 Å². The Balaban J connectivity index is 2.31. The Morgan fingerprint density at radius 2 is 1.88 bits per heavy atom. The molecule has 0 aliphatic rings. The van der Waals surface area contributed by atoms with Crippen molar-refractivity contribution >= 4 is 16.7 Å². The predicted molar refractivity (Wildman–Crippen MR) is 68.0 cm³/mol. The van der Waals surface area contributed by atoms with Gasteiger partial charge in [0.2, 0.25) is 0 Å². The number of rotatable bonds is 1. The van der Waals surface area contributed by atoms with Gasteiger partial charge < -0.3 is 5.73 Å². The summed E-state index contributed by atoms with van der Waals surface area (Å²) in [7, 11) is 0. The molecule has 0 saturated carbocycles. The van der Waals surface area contributed by atoms with Crippen LogP contribution in [0.2, 0.25) is 0 Å². The molecule has 17 heavy (non-hydrogen) atoms. The first-order valence-corrected chi connectivity index (χ1v) is 5.43. The van der Waals surface area contributed by atoms with Crippen LogP contribution in [0.3, 0.4) is 0 Å². The van der Waals surface area contributed by atoms with Crippen LogP contribution in [0, 0.1) is 6.92 Å². The zero-order valence-corrected chi connectivity index (χ0v) is 9.46. The fraction of sp³-hybridized carbons (Fsp3) is 0.0769. The van der Waals surface area contributed by atoms with Crippen LogP contribution < -0.4 is 5.73 Å². The fourth-order valence-electron chi connectivity index (χ4n) is 1.90. The van der Waals surface area contributed by atoms with Gasteiger partial charge in [0, 0.05) is 0 Å². The molecule has 0 aliphatic heterocycles. The topological polar surface area (TPSA) is 56.7 Å². The van der Waals surface area contributed by atoms with Crippen molar-refractivity contribution < 1.29 is 0 Å². The smallest absolute Gasteiger partial charge is 0.113 e. The number of nitrogens with two attached hydrogens (primary N) is 1. The molecule has 1 aromatic heterocycles. The second-order valence-electron chi connectivity index (χ2n) is 4.00. The van der Waals surface area contributed by atoms with Crippen LogP contribution in [-0.2, 0) is 0 Å². The van der Waals surface area contributed by atoms with E-state index in [4.69, 9.17) is 5.73 Å². The van der Waals surface area contributed by atoms with E-state index in [-0.39, 0.29) is 0 Å². The van der Waals surface area contributed by atoms with Crippen molar-refractivity contribution in [3.63, 3.8) is 0 Å². The maximum absolute atomic E-state index is 6.08. The van der Waals surface area contributed by atoms with E-state index < -0.39 is 0 Å². The second-order valence-corrected chi connectivity index (χ2v) is 4.00. The van der Waals surface area contributed by atoms with Crippen LogP contribution >= 0.6 is 0 Å². The van der Waals surface area contributed by atoms with Crippen molar-refractivity contribution in [1.82, 2.24) is 15.0 Å². The normalized spacial score (nSPS) is 10.9. The summed E-state index contributed by atoms with van der Waals surface area (Å²) < 4.78 is 1.78. The quantitative estimate of drug-likeness (QED) is 0.645. The minimum absolute atomic E-state index is 0.739. The van der Waals surface area contributed by atoms with E-state index >= 15 is 0 Å². The van der Waals surface area contributed by atoms with E-state index in [1.165, 1.54) is 0 Å². The Labute approximate surface area is 98.7 Å². The number of para-hydroxylation sites is 2. The summed E-state index contributed by atoms with van der Waals surface area (Å²) in [6.07, 6.45) is 0. The average molecular weight is 224 g/mol. The number of nitrogens with zero attached hydrogens (tertiary/aromatic N) is 3. The largest absolute Gasteiger partial charge is 0.397 e. The van der Waals surface area contributed by atoms with Gasteiger partial charge in [0.1, 0.15) is 5.52 Å². The third-order valence-corrected chi connectivity index (χ3v) is 2.88. The maximum atomic E-state index is 6.08. The van der Waals surface area contributed by atoms with Crippen molar-refractivity contribution in [2.75, 3.05) is 5.73 Å². The maximum Gasteiger partial charge on any atom is 0.113 e. The standard InChI is InChI=1S/C13H12N4/c1-9-5-4-8-12(13(9)14)17-11-7-3-2-6-10(11)15-16-17/h2-8H,14H2,1H3. The number of fused-ring (bicyclic) bond motifs is 1. The Morgan fingerprint density at radius 3 is 2.76 bits per heavy atom. The van der Waals surface area contributed by atoms with Crippen molar-refractivity contribution in [2.24, 2.45) is 0 Å². The Morgan fingerprint density at radius 1 is 1.06 bits per heavy atom. The molecule has 84 valence electrons. The van der Waals surface area contributed by atoms with Gasteiger partial charge in [-0.15, -0.1) is 5.10 Å². The van der Waals surface area contributed by atoms with E-state index in [2.05, 4.69) is 10.3 Å². The summed E-state index contributed by atoms with van der Waals surface area (Å²) in [5.74, 6) is 0. The number of aryl methyl sites for hydroxylation is 1. The van der Waals surface area contributed by atoms with Gasteiger partial charge in [0.05, 0.1) is 16.9 Å². The molecular weight excluding hydrogens is 212 g/mol. The molecule has 0 bridgehead atoms. The monoisotopic (exact) mass is 224 g/mol. The van der Waals surface area contributed by atoms with Gasteiger partial charge in [-0.25, -0.2) is 4.68 Å². The predicted octanol–water partition coefficient (Wildman–Crippen LogP) is 2.31. The van der Waals surface area contributed by atoms with Crippen molar-refractivity contribution in [2.45, 2.75) is 6.92 Å². The van der Waals surface area contributed by atoms with Gasteiger partial charge in [0.15, 0.2) is 0 Å².